The van der Waals surface area contributed by atoms with Gasteiger partial charge < -0.3 is 9.79 Å². The lowest BCUT2D eigenvalue weighted by Crippen LogP contribution is -2.21. The van der Waals surface area contributed by atoms with E-state index in [1.165, 1.54) is 6.07 Å². The van der Waals surface area contributed by atoms with Gasteiger partial charge in [0.15, 0.2) is 0 Å². The quantitative estimate of drug-likeness (QED) is 0.784. The number of hydrogen-bond acceptors (Lipinski definition) is 1. The number of fused-ring (bicyclic) bond motifs is 3. The first-order valence-electron chi connectivity index (χ1n) is 7.42. The molecule has 0 fully saturated rings. The highest BCUT2D eigenvalue weighted by Crippen LogP contribution is 2.33. The molecule has 0 saturated heterocycles. The third kappa shape index (κ3) is 2.34. The van der Waals surface area contributed by atoms with Crippen molar-refractivity contribution in [3.05, 3.63) is 87.1 Å². The van der Waals surface area contributed by atoms with Crippen LogP contribution < -0.4 is 15.7 Å². The van der Waals surface area contributed by atoms with Crippen LogP contribution in [-0.2, 0) is 4.57 Å². The van der Waals surface area contributed by atoms with E-state index in [-0.39, 0.29) is 5.30 Å². The minimum atomic E-state index is -4.37. The Hall–Kier alpha value is -2.19. The van der Waals surface area contributed by atoms with Gasteiger partial charge in [0.2, 0.25) is 0 Å². The van der Waals surface area contributed by atoms with Crippen LogP contribution in [0.15, 0.2) is 66.3 Å². The van der Waals surface area contributed by atoms with E-state index in [2.05, 4.69) is 18.2 Å². The van der Waals surface area contributed by atoms with Crippen LogP contribution in [0, 0.1) is 10.4 Å². The zero-order chi connectivity index (χ0) is 16.0. The fraction of sp³-hybridized carbons (Fsp3) is 0.0526. The van der Waals surface area contributed by atoms with Crippen LogP contribution in [-0.4, -0.2) is 9.79 Å². The lowest BCUT2D eigenvalue weighted by atomic mass is 9.95. The topological polar surface area (TPSA) is 57.5 Å². The van der Waals surface area contributed by atoms with E-state index in [1.54, 1.807) is 6.07 Å². The highest BCUT2D eigenvalue weighted by atomic mass is 31.2. The Labute approximate surface area is 133 Å². The fourth-order valence-electron chi connectivity index (χ4n) is 3.31. The van der Waals surface area contributed by atoms with Gasteiger partial charge in [-0.05, 0) is 45.4 Å². The molecule has 0 spiro atoms. The molecule has 2 aliphatic carbocycles. The molecule has 0 saturated carbocycles. The zero-order valence-corrected chi connectivity index (χ0v) is 13.2. The van der Waals surface area contributed by atoms with Crippen LogP contribution in [0.1, 0.15) is 6.42 Å². The van der Waals surface area contributed by atoms with E-state index < -0.39 is 7.60 Å². The summed E-state index contributed by atoms with van der Waals surface area (Å²) in [6, 6.07) is 13.0. The maximum Gasteiger partial charge on any atom is 0.356 e. The third-order valence-corrected chi connectivity index (χ3v) is 5.31. The van der Waals surface area contributed by atoms with Gasteiger partial charge in [-0.2, -0.15) is 0 Å². The molecule has 2 aliphatic rings. The summed E-state index contributed by atoms with van der Waals surface area (Å²) in [7, 11) is -4.37. The molecule has 3 nitrogen and oxygen atoms in total. The van der Waals surface area contributed by atoms with Crippen molar-refractivity contribution < 1.29 is 14.4 Å². The molecule has 4 heteroatoms. The predicted molar refractivity (Wildman–Crippen MR) is 91.2 cm³/mol. The maximum absolute atomic E-state index is 12.0. The monoisotopic (exact) mass is 322 g/mol. The Balaban J connectivity index is 2.41. The van der Waals surface area contributed by atoms with Gasteiger partial charge in [-0.15, -0.1) is 0 Å². The first-order valence-corrected chi connectivity index (χ1v) is 9.03. The van der Waals surface area contributed by atoms with Crippen molar-refractivity contribution in [2.75, 3.05) is 0 Å². The molecule has 114 valence electrons. The van der Waals surface area contributed by atoms with Crippen molar-refractivity contribution in [2.24, 2.45) is 0 Å². The summed E-state index contributed by atoms with van der Waals surface area (Å²) >= 11 is 0. The molecule has 2 aromatic carbocycles. The third-order valence-electron chi connectivity index (χ3n) is 4.30. The van der Waals surface area contributed by atoms with Crippen LogP contribution >= 0.6 is 7.60 Å². The smallest absolute Gasteiger partial charge is 0.321 e. The Morgan fingerprint density at radius 3 is 2.57 bits per heavy atom. The minimum Gasteiger partial charge on any atom is -0.321 e. The lowest BCUT2D eigenvalue weighted by Gasteiger charge is -2.11. The zero-order valence-electron chi connectivity index (χ0n) is 12.3. The van der Waals surface area contributed by atoms with E-state index in [1.807, 2.05) is 36.4 Å². The van der Waals surface area contributed by atoms with Crippen molar-refractivity contribution in [3.63, 3.8) is 0 Å². The van der Waals surface area contributed by atoms with Gasteiger partial charge in [-0.3, -0.25) is 4.57 Å². The Morgan fingerprint density at radius 2 is 1.74 bits per heavy atom. The Morgan fingerprint density at radius 1 is 0.957 bits per heavy atom. The summed E-state index contributed by atoms with van der Waals surface area (Å²) in [6.07, 6.45) is 8.99. The van der Waals surface area contributed by atoms with Gasteiger partial charge in [-0.25, -0.2) is 0 Å². The Bertz CT molecular complexity index is 1130. The SMILES string of the molecule is O=P(O)(O)c1cccc2c1=c1ccccc1=CC1=CC=CCC=21. The number of rotatable bonds is 1. The number of hydrogen-bond donors (Lipinski definition) is 2. The van der Waals surface area contributed by atoms with Gasteiger partial charge in [0, 0.05) is 5.22 Å². The molecular formula is C19H15O3P. The van der Waals surface area contributed by atoms with Gasteiger partial charge >= 0.3 is 7.60 Å². The second-order valence-electron chi connectivity index (χ2n) is 5.71. The van der Waals surface area contributed by atoms with E-state index in [4.69, 9.17) is 0 Å². The molecular weight excluding hydrogens is 307 g/mol. The van der Waals surface area contributed by atoms with E-state index in [0.29, 0.717) is 5.22 Å². The molecule has 0 amide bonds. The van der Waals surface area contributed by atoms with E-state index in [0.717, 1.165) is 33.2 Å². The second-order valence-corrected chi connectivity index (χ2v) is 7.28. The van der Waals surface area contributed by atoms with Crippen molar-refractivity contribution in [1.82, 2.24) is 0 Å². The molecule has 23 heavy (non-hydrogen) atoms. The molecule has 0 bridgehead atoms. The highest BCUT2D eigenvalue weighted by Gasteiger charge is 2.21. The van der Waals surface area contributed by atoms with Crippen LogP contribution in [0.3, 0.4) is 0 Å². The van der Waals surface area contributed by atoms with Crippen LogP contribution in [0.4, 0.5) is 0 Å². The first kappa shape index (κ1) is 14.4. The maximum atomic E-state index is 12.0. The highest BCUT2D eigenvalue weighted by molar-refractivity contribution is 7.60. The van der Waals surface area contributed by atoms with E-state index >= 15 is 0 Å². The van der Waals surface area contributed by atoms with Crippen LogP contribution in [0.25, 0.3) is 11.6 Å². The first-order chi connectivity index (χ1) is 11.1. The average Bonchev–Trinajstić information content (AvgIpc) is 2.68. The van der Waals surface area contributed by atoms with Gasteiger partial charge in [0.1, 0.15) is 0 Å². The van der Waals surface area contributed by atoms with Crippen molar-refractivity contribution in [2.45, 2.75) is 6.42 Å². The largest absolute Gasteiger partial charge is 0.356 e. The second kappa shape index (κ2) is 5.17. The van der Waals surface area contributed by atoms with Gasteiger partial charge in [-0.1, -0.05) is 54.6 Å². The predicted octanol–water partition coefficient (Wildman–Crippen LogP) is 1.61. The van der Waals surface area contributed by atoms with Gasteiger partial charge in [0.25, 0.3) is 0 Å². The molecule has 0 heterocycles. The molecule has 0 unspecified atom stereocenters. The summed E-state index contributed by atoms with van der Waals surface area (Å²) in [4.78, 5) is 19.6. The van der Waals surface area contributed by atoms with Gasteiger partial charge in [0.05, 0.1) is 5.30 Å². The Kier molecular flexibility index (Phi) is 3.24. The van der Waals surface area contributed by atoms with Crippen LogP contribution in [0.5, 0.6) is 0 Å². The summed E-state index contributed by atoms with van der Waals surface area (Å²) in [5, 5.41) is 3.50. The van der Waals surface area contributed by atoms with Crippen molar-refractivity contribution >= 4 is 24.5 Å². The summed E-state index contributed by atoms with van der Waals surface area (Å²) in [5.41, 5.74) is 2.20. The fourth-order valence-corrected chi connectivity index (χ4v) is 4.12. The van der Waals surface area contributed by atoms with E-state index in [9.17, 15) is 14.4 Å². The average molecular weight is 322 g/mol. The van der Waals surface area contributed by atoms with Crippen LogP contribution in [0.2, 0.25) is 0 Å². The van der Waals surface area contributed by atoms with Crippen molar-refractivity contribution in [3.8, 4) is 0 Å². The summed E-state index contributed by atoms with van der Waals surface area (Å²) < 4.78 is 12.0. The lowest BCUT2D eigenvalue weighted by molar-refractivity contribution is 0.387. The molecule has 0 radical (unpaired) electrons. The summed E-state index contributed by atoms with van der Waals surface area (Å²) in [5.74, 6) is 0. The molecule has 2 aromatic rings. The normalized spacial score (nSPS) is 15.7. The number of benzene rings is 2. The summed E-state index contributed by atoms with van der Waals surface area (Å²) in [6.45, 7) is 0. The standard InChI is InChI=1S/C19H15O3P/c20-23(21,22)18-11-5-10-17-15-8-3-1-6-13(15)12-14-7-2-4-9-16(14)19(17)18/h1-7,9-12H,8H2,(H2,20,21,22). The van der Waals surface area contributed by atoms with Crippen molar-refractivity contribution in [1.29, 1.82) is 0 Å². The number of allylic oxidation sites excluding steroid dienone is 4. The minimum absolute atomic E-state index is 0.0964. The molecule has 0 aromatic heterocycles. The molecule has 2 N–H and O–H groups in total. The molecule has 0 aliphatic heterocycles. The molecule has 4 rings (SSSR count). The molecule has 0 atom stereocenters.